The van der Waals surface area contributed by atoms with Crippen LogP contribution in [0.1, 0.15) is 17.3 Å². The topological polar surface area (TPSA) is 48.4 Å². The van der Waals surface area contributed by atoms with Crippen LogP contribution in [0.25, 0.3) is 10.9 Å². The van der Waals surface area contributed by atoms with E-state index in [9.17, 15) is 4.79 Å². The molecule has 0 saturated heterocycles. The van der Waals surface area contributed by atoms with Crippen LogP contribution in [0, 0.1) is 0 Å². The van der Waals surface area contributed by atoms with Gasteiger partial charge >= 0.3 is 5.97 Å². The van der Waals surface area contributed by atoms with Gasteiger partial charge in [0.2, 0.25) is 0 Å². The molecule has 0 radical (unpaired) electrons. The number of methoxy groups -OCH3 is 1. The molecule has 21 heavy (non-hydrogen) atoms. The lowest BCUT2D eigenvalue weighted by molar-refractivity contribution is 0.0522. The summed E-state index contributed by atoms with van der Waals surface area (Å²) in [5, 5.41) is 0.881. The summed E-state index contributed by atoms with van der Waals surface area (Å²) < 4.78 is 10.4. The Bertz CT molecular complexity index is 670. The Balaban J connectivity index is 2.63. The van der Waals surface area contributed by atoms with Gasteiger partial charge in [0.25, 0.3) is 0 Å². The van der Waals surface area contributed by atoms with Crippen molar-refractivity contribution in [3.8, 4) is 5.75 Å². The number of hydrogen-bond acceptors (Lipinski definition) is 5. The van der Waals surface area contributed by atoms with Crippen LogP contribution in [-0.4, -0.2) is 30.4 Å². The molecule has 0 aliphatic heterocycles. The second kappa shape index (κ2) is 7.13. The smallest absolute Gasteiger partial charge is 0.340 e. The Kier molecular flexibility index (Phi) is 5.22. The molecule has 0 aliphatic carbocycles. The van der Waals surface area contributed by atoms with E-state index >= 15 is 0 Å². The van der Waals surface area contributed by atoms with Crippen LogP contribution < -0.4 is 4.74 Å². The Hall–Kier alpha value is -2.01. The van der Waals surface area contributed by atoms with Gasteiger partial charge in [0, 0.05) is 22.2 Å². The first kappa shape index (κ1) is 15.4. The molecular formula is C16H17NO3S. The van der Waals surface area contributed by atoms with E-state index in [1.807, 2.05) is 18.2 Å². The summed E-state index contributed by atoms with van der Waals surface area (Å²) >= 11 is 1.54. The molecule has 110 valence electrons. The Morgan fingerprint density at radius 3 is 2.95 bits per heavy atom. The molecule has 4 nitrogen and oxygen atoms in total. The average Bonchev–Trinajstić information content (AvgIpc) is 2.51. The summed E-state index contributed by atoms with van der Waals surface area (Å²) in [6, 6.07) is 5.66. The van der Waals surface area contributed by atoms with Crippen LogP contribution in [0.2, 0.25) is 0 Å². The molecule has 0 unspecified atom stereocenters. The van der Waals surface area contributed by atoms with Gasteiger partial charge in [0.1, 0.15) is 11.3 Å². The third-order valence-electron chi connectivity index (χ3n) is 2.87. The summed E-state index contributed by atoms with van der Waals surface area (Å²) in [6.45, 7) is 5.84. The fourth-order valence-corrected chi connectivity index (χ4v) is 2.88. The normalized spacial score (nSPS) is 10.4. The van der Waals surface area contributed by atoms with Crippen LogP contribution in [-0.2, 0) is 4.74 Å². The minimum absolute atomic E-state index is 0.334. The second-order valence-electron chi connectivity index (χ2n) is 4.18. The minimum Gasteiger partial charge on any atom is -0.494 e. The highest BCUT2D eigenvalue weighted by Crippen LogP contribution is 2.34. The molecule has 5 heteroatoms. The maximum atomic E-state index is 12.1. The van der Waals surface area contributed by atoms with Gasteiger partial charge in [-0.2, -0.15) is 0 Å². The zero-order valence-corrected chi connectivity index (χ0v) is 12.9. The third kappa shape index (κ3) is 3.19. The molecule has 0 aliphatic rings. The molecule has 0 bridgehead atoms. The average molecular weight is 303 g/mol. The van der Waals surface area contributed by atoms with Crippen molar-refractivity contribution < 1.29 is 14.3 Å². The molecule has 0 atom stereocenters. The van der Waals surface area contributed by atoms with Crippen molar-refractivity contribution in [2.75, 3.05) is 19.5 Å². The molecular weight excluding hydrogens is 286 g/mol. The Labute approximate surface area is 128 Å². The maximum Gasteiger partial charge on any atom is 0.340 e. The molecule has 0 saturated carbocycles. The summed E-state index contributed by atoms with van der Waals surface area (Å²) in [5.41, 5.74) is 1.21. The van der Waals surface area contributed by atoms with Crippen molar-refractivity contribution in [2.24, 2.45) is 0 Å². The van der Waals surface area contributed by atoms with Crippen LogP contribution >= 0.6 is 11.8 Å². The summed E-state index contributed by atoms with van der Waals surface area (Å²) in [5.74, 6) is 1.02. The summed E-state index contributed by atoms with van der Waals surface area (Å²) in [4.78, 5) is 17.3. The number of para-hydroxylation sites is 1. The van der Waals surface area contributed by atoms with Gasteiger partial charge in [-0.15, -0.1) is 18.3 Å². The number of carbonyl (C=O) groups excluding carboxylic acids is 1. The lowest BCUT2D eigenvalue weighted by Crippen LogP contribution is -2.07. The fourth-order valence-electron chi connectivity index (χ4n) is 1.99. The SMILES string of the molecule is C=CCSc1c(C(=O)OCC)cnc2c(OC)cccc12. The number of ether oxygens (including phenoxy) is 2. The van der Waals surface area contributed by atoms with E-state index in [1.54, 1.807) is 26.3 Å². The van der Waals surface area contributed by atoms with Gasteiger partial charge in [0.05, 0.1) is 19.3 Å². The zero-order chi connectivity index (χ0) is 15.2. The van der Waals surface area contributed by atoms with E-state index in [0.717, 1.165) is 15.8 Å². The van der Waals surface area contributed by atoms with E-state index in [2.05, 4.69) is 11.6 Å². The largest absolute Gasteiger partial charge is 0.494 e. The van der Waals surface area contributed by atoms with Crippen LogP contribution in [0.15, 0.2) is 41.9 Å². The standard InChI is InChI=1S/C16H17NO3S/c1-4-9-21-15-11-7-6-8-13(19-3)14(11)17-10-12(15)16(18)20-5-2/h4,6-8,10H,1,5,9H2,2-3H3. The fraction of sp³-hybridized carbons (Fsp3) is 0.250. The van der Waals surface area contributed by atoms with Gasteiger partial charge in [-0.1, -0.05) is 18.2 Å². The van der Waals surface area contributed by atoms with E-state index in [0.29, 0.717) is 23.7 Å². The van der Waals surface area contributed by atoms with Gasteiger partial charge in [-0.05, 0) is 13.0 Å². The number of aromatic nitrogens is 1. The second-order valence-corrected chi connectivity index (χ2v) is 5.21. The van der Waals surface area contributed by atoms with Gasteiger partial charge in [0.15, 0.2) is 0 Å². The Morgan fingerprint density at radius 2 is 2.29 bits per heavy atom. The third-order valence-corrected chi connectivity index (χ3v) is 4.00. The molecule has 1 aromatic carbocycles. The molecule has 0 spiro atoms. The molecule has 0 amide bonds. The van der Waals surface area contributed by atoms with Crippen molar-refractivity contribution in [1.29, 1.82) is 0 Å². The molecule has 1 heterocycles. The van der Waals surface area contributed by atoms with E-state index in [1.165, 1.54) is 11.8 Å². The van der Waals surface area contributed by atoms with Gasteiger partial charge in [-0.3, -0.25) is 4.98 Å². The van der Waals surface area contributed by atoms with Crippen molar-refractivity contribution in [2.45, 2.75) is 11.8 Å². The summed E-state index contributed by atoms with van der Waals surface area (Å²) in [7, 11) is 1.60. The van der Waals surface area contributed by atoms with Crippen molar-refractivity contribution >= 4 is 28.6 Å². The number of benzene rings is 1. The quantitative estimate of drug-likeness (QED) is 0.462. The number of fused-ring (bicyclic) bond motifs is 1. The lowest BCUT2D eigenvalue weighted by atomic mass is 10.1. The number of rotatable bonds is 6. The molecule has 2 rings (SSSR count). The van der Waals surface area contributed by atoms with Gasteiger partial charge in [-0.25, -0.2) is 4.79 Å². The number of nitrogens with zero attached hydrogens (tertiary/aromatic N) is 1. The zero-order valence-electron chi connectivity index (χ0n) is 12.1. The number of esters is 1. The number of hydrogen-bond donors (Lipinski definition) is 0. The highest BCUT2D eigenvalue weighted by atomic mass is 32.2. The number of carbonyl (C=O) groups is 1. The van der Waals surface area contributed by atoms with Crippen molar-refractivity contribution in [3.05, 3.63) is 42.6 Å². The van der Waals surface area contributed by atoms with Crippen LogP contribution in [0.3, 0.4) is 0 Å². The van der Waals surface area contributed by atoms with E-state index in [-0.39, 0.29) is 5.97 Å². The number of thioether (sulfide) groups is 1. The molecule has 0 N–H and O–H groups in total. The molecule has 0 fully saturated rings. The first-order valence-corrected chi connectivity index (χ1v) is 7.58. The van der Waals surface area contributed by atoms with Crippen molar-refractivity contribution in [1.82, 2.24) is 4.98 Å². The number of pyridine rings is 1. The highest BCUT2D eigenvalue weighted by molar-refractivity contribution is 7.99. The monoisotopic (exact) mass is 303 g/mol. The molecule has 2 aromatic rings. The summed E-state index contributed by atoms with van der Waals surface area (Å²) in [6.07, 6.45) is 3.35. The predicted molar refractivity (Wildman–Crippen MR) is 85.2 cm³/mol. The lowest BCUT2D eigenvalue weighted by Gasteiger charge is -2.12. The van der Waals surface area contributed by atoms with E-state index in [4.69, 9.17) is 9.47 Å². The predicted octanol–water partition coefficient (Wildman–Crippen LogP) is 3.70. The Morgan fingerprint density at radius 1 is 1.48 bits per heavy atom. The van der Waals surface area contributed by atoms with Crippen molar-refractivity contribution in [3.63, 3.8) is 0 Å². The minimum atomic E-state index is -0.360. The first-order chi connectivity index (χ1) is 10.2. The maximum absolute atomic E-state index is 12.1. The first-order valence-electron chi connectivity index (χ1n) is 6.59. The van der Waals surface area contributed by atoms with Gasteiger partial charge < -0.3 is 9.47 Å². The van der Waals surface area contributed by atoms with E-state index < -0.39 is 0 Å². The molecule has 1 aromatic heterocycles. The highest BCUT2D eigenvalue weighted by Gasteiger charge is 2.18. The van der Waals surface area contributed by atoms with Crippen LogP contribution in [0.4, 0.5) is 0 Å². The van der Waals surface area contributed by atoms with Crippen LogP contribution in [0.5, 0.6) is 5.75 Å².